The quantitative estimate of drug-likeness (QED) is 0.734. The molecule has 0 amide bonds. The number of nitrogens with zero attached hydrogens (tertiary/aromatic N) is 3. The molecule has 1 saturated heterocycles. The van der Waals surface area contributed by atoms with Crippen LogP contribution in [0.15, 0.2) is 4.52 Å². The van der Waals surface area contributed by atoms with Crippen LogP contribution < -0.4 is 5.73 Å². The molecular weight excluding hydrogens is 232 g/mol. The van der Waals surface area contributed by atoms with Crippen molar-refractivity contribution in [1.82, 2.24) is 15.0 Å². The van der Waals surface area contributed by atoms with Gasteiger partial charge in [0.1, 0.15) is 6.61 Å². The highest BCUT2D eigenvalue weighted by molar-refractivity contribution is 4.94. The van der Waals surface area contributed by atoms with Gasteiger partial charge in [-0.05, 0) is 32.4 Å². The lowest BCUT2D eigenvalue weighted by molar-refractivity contribution is 0.0981. The second kappa shape index (κ2) is 6.82. The molecule has 1 aliphatic heterocycles. The minimum atomic E-state index is -0.174. The van der Waals surface area contributed by atoms with Crippen molar-refractivity contribution in [3.8, 4) is 0 Å². The molecule has 1 aromatic rings. The van der Waals surface area contributed by atoms with Gasteiger partial charge in [0.05, 0.1) is 6.04 Å². The maximum Gasteiger partial charge on any atom is 0.252 e. The van der Waals surface area contributed by atoms with E-state index < -0.39 is 0 Å². The summed E-state index contributed by atoms with van der Waals surface area (Å²) in [7, 11) is 0. The van der Waals surface area contributed by atoms with Crippen LogP contribution in [0.2, 0.25) is 0 Å². The average molecular weight is 254 g/mol. The van der Waals surface area contributed by atoms with Gasteiger partial charge in [0.15, 0.2) is 5.82 Å². The summed E-state index contributed by atoms with van der Waals surface area (Å²) in [6, 6.07) is -0.174. The normalized spacial score (nSPS) is 18.3. The van der Waals surface area contributed by atoms with Crippen LogP contribution in [0, 0.1) is 0 Å². The first-order chi connectivity index (χ1) is 8.79. The third kappa shape index (κ3) is 3.76. The van der Waals surface area contributed by atoms with E-state index in [0.29, 0.717) is 24.9 Å². The topological polar surface area (TPSA) is 77.4 Å². The number of ether oxygens (including phenoxy) is 1. The van der Waals surface area contributed by atoms with Gasteiger partial charge in [-0.2, -0.15) is 4.98 Å². The van der Waals surface area contributed by atoms with Crippen molar-refractivity contribution < 1.29 is 9.26 Å². The lowest BCUT2D eigenvalue weighted by Gasteiger charge is -2.17. The summed E-state index contributed by atoms with van der Waals surface area (Å²) in [5.41, 5.74) is 6.08. The SMILES string of the molecule is CCCOCc1nc(C(N)CN2CCCC2)no1. The molecule has 0 radical (unpaired) electrons. The van der Waals surface area contributed by atoms with Gasteiger partial charge in [-0.1, -0.05) is 12.1 Å². The zero-order valence-electron chi connectivity index (χ0n) is 11.0. The van der Waals surface area contributed by atoms with Gasteiger partial charge >= 0.3 is 0 Å². The van der Waals surface area contributed by atoms with Crippen LogP contribution in [0.25, 0.3) is 0 Å². The van der Waals surface area contributed by atoms with Crippen LogP contribution in [0.4, 0.5) is 0 Å². The monoisotopic (exact) mass is 254 g/mol. The van der Waals surface area contributed by atoms with Crippen molar-refractivity contribution in [2.45, 2.75) is 38.8 Å². The lowest BCUT2D eigenvalue weighted by atomic mass is 10.3. The van der Waals surface area contributed by atoms with Crippen LogP contribution >= 0.6 is 0 Å². The first-order valence-corrected chi connectivity index (χ1v) is 6.67. The fraction of sp³-hybridized carbons (Fsp3) is 0.833. The first-order valence-electron chi connectivity index (χ1n) is 6.67. The molecule has 1 unspecified atom stereocenters. The van der Waals surface area contributed by atoms with Crippen molar-refractivity contribution in [1.29, 1.82) is 0 Å². The Labute approximate surface area is 107 Å². The minimum Gasteiger partial charge on any atom is -0.372 e. The maximum atomic E-state index is 6.08. The van der Waals surface area contributed by atoms with Gasteiger partial charge in [0.25, 0.3) is 5.89 Å². The molecule has 1 aromatic heterocycles. The fourth-order valence-corrected chi connectivity index (χ4v) is 2.11. The molecule has 0 saturated carbocycles. The van der Waals surface area contributed by atoms with Gasteiger partial charge in [-0.25, -0.2) is 0 Å². The smallest absolute Gasteiger partial charge is 0.252 e. The molecule has 0 aromatic carbocycles. The molecule has 6 nitrogen and oxygen atoms in total. The predicted molar refractivity (Wildman–Crippen MR) is 66.8 cm³/mol. The standard InChI is InChI=1S/C12H22N4O2/c1-2-7-17-9-11-14-12(15-18-11)10(13)8-16-5-3-4-6-16/h10H,2-9,13H2,1H3. The van der Waals surface area contributed by atoms with Crippen LogP contribution in [-0.2, 0) is 11.3 Å². The van der Waals surface area contributed by atoms with Crippen LogP contribution in [0.3, 0.4) is 0 Å². The number of aromatic nitrogens is 2. The second-order valence-corrected chi connectivity index (χ2v) is 4.71. The van der Waals surface area contributed by atoms with E-state index >= 15 is 0 Å². The maximum absolute atomic E-state index is 6.08. The Morgan fingerprint density at radius 3 is 2.94 bits per heavy atom. The summed E-state index contributed by atoms with van der Waals surface area (Å²) in [6.45, 7) is 6.19. The van der Waals surface area contributed by atoms with Crippen LogP contribution in [-0.4, -0.2) is 41.3 Å². The molecule has 2 rings (SSSR count). The summed E-state index contributed by atoms with van der Waals surface area (Å²) in [6.07, 6.45) is 3.50. The van der Waals surface area contributed by atoms with Gasteiger partial charge < -0.3 is 19.9 Å². The Hall–Kier alpha value is -0.980. The van der Waals surface area contributed by atoms with Crippen molar-refractivity contribution in [3.63, 3.8) is 0 Å². The largest absolute Gasteiger partial charge is 0.372 e. The number of nitrogens with two attached hydrogens (primary N) is 1. The van der Waals surface area contributed by atoms with Gasteiger partial charge in [-0.3, -0.25) is 0 Å². The zero-order valence-corrected chi connectivity index (χ0v) is 11.0. The average Bonchev–Trinajstić information content (AvgIpc) is 3.00. The van der Waals surface area contributed by atoms with Gasteiger partial charge in [-0.15, -0.1) is 0 Å². The summed E-state index contributed by atoms with van der Waals surface area (Å²) < 4.78 is 10.5. The number of hydrogen-bond acceptors (Lipinski definition) is 6. The Balaban J connectivity index is 1.80. The molecule has 2 heterocycles. The Morgan fingerprint density at radius 1 is 1.44 bits per heavy atom. The van der Waals surface area contributed by atoms with E-state index in [1.165, 1.54) is 12.8 Å². The Morgan fingerprint density at radius 2 is 2.22 bits per heavy atom. The van der Waals surface area contributed by atoms with Crippen molar-refractivity contribution in [3.05, 3.63) is 11.7 Å². The zero-order chi connectivity index (χ0) is 12.8. The Bertz CT molecular complexity index is 350. The third-order valence-electron chi connectivity index (χ3n) is 3.04. The number of likely N-dealkylation sites (tertiary alicyclic amines) is 1. The number of rotatable bonds is 7. The summed E-state index contributed by atoms with van der Waals surface area (Å²) in [5, 5.41) is 3.92. The highest BCUT2D eigenvalue weighted by Crippen LogP contribution is 2.13. The van der Waals surface area contributed by atoms with Crippen LogP contribution in [0.5, 0.6) is 0 Å². The van der Waals surface area contributed by atoms with E-state index in [1.54, 1.807) is 0 Å². The molecule has 102 valence electrons. The van der Waals surface area contributed by atoms with E-state index in [0.717, 1.165) is 26.1 Å². The molecule has 0 bridgehead atoms. The molecule has 18 heavy (non-hydrogen) atoms. The first kappa shape index (κ1) is 13.5. The molecule has 1 atom stereocenters. The molecular formula is C12H22N4O2. The van der Waals surface area contributed by atoms with Crippen LogP contribution in [0.1, 0.15) is 43.9 Å². The second-order valence-electron chi connectivity index (χ2n) is 4.71. The van der Waals surface area contributed by atoms with Crippen molar-refractivity contribution >= 4 is 0 Å². The van der Waals surface area contributed by atoms with Gasteiger partial charge in [0.2, 0.25) is 0 Å². The van der Waals surface area contributed by atoms with Crippen molar-refractivity contribution in [2.75, 3.05) is 26.2 Å². The van der Waals surface area contributed by atoms with E-state index in [-0.39, 0.29) is 6.04 Å². The highest BCUT2D eigenvalue weighted by Gasteiger charge is 2.19. The molecule has 1 aliphatic rings. The molecule has 2 N–H and O–H groups in total. The van der Waals surface area contributed by atoms with Crippen molar-refractivity contribution in [2.24, 2.45) is 5.73 Å². The predicted octanol–water partition coefficient (Wildman–Crippen LogP) is 1.09. The highest BCUT2D eigenvalue weighted by atomic mass is 16.5. The van der Waals surface area contributed by atoms with Gasteiger partial charge in [0, 0.05) is 13.2 Å². The Kier molecular flexibility index (Phi) is 5.10. The summed E-state index contributed by atoms with van der Waals surface area (Å²) >= 11 is 0. The molecule has 1 fully saturated rings. The number of hydrogen-bond donors (Lipinski definition) is 1. The summed E-state index contributed by atoms with van der Waals surface area (Å²) in [4.78, 5) is 6.61. The van der Waals surface area contributed by atoms with E-state index in [4.69, 9.17) is 15.0 Å². The molecule has 0 aliphatic carbocycles. The fourth-order valence-electron chi connectivity index (χ4n) is 2.11. The van der Waals surface area contributed by atoms with E-state index in [2.05, 4.69) is 22.0 Å². The van der Waals surface area contributed by atoms with E-state index in [9.17, 15) is 0 Å². The lowest BCUT2D eigenvalue weighted by Crippen LogP contribution is -2.30. The minimum absolute atomic E-state index is 0.174. The summed E-state index contributed by atoms with van der Waals surface area (Å²) in [5.74, 6) is 1.09. The molecule has 6 heteroatoms. The third-order valence-corrected chi connectivity index (χ3v) is 3.04. The van der Waals surface area contributed by atoms with E-state index in [1.807, 2.05) is 0 Å². The molecule has 0 spiro atoms.